The summed E-state index contributed by atoms with van der Waals surface area (Å²) in [5, 5.41) is 2.41. The highest BCUT2D eigenvalue weighted by atomic mass is 19.3. The van der Waals surface area contributed by atoms with E-state index in [-0.39, 0.29) is 19.3 Å². The van der Waals surface area contributed by atoms with Crippen molar-refractivity contribution in [3.63, 3.8) is 0 Å². The summed E-state index contributed by atoms with van der Waals surface area (Å²) in [6.45, 7) is 3.41. The van der Waals surface area contributed by atoms with E-state index in [4.69, 9.17) is 9.47 Å². The van der Waals surface area contributed by atoms with E-state index in [0.717, 1.165) is 0 Å². The van der Waals surface area contributed by atoms with E-state index in [0.29, 0.717) is 6.61 Å². The minimum Gasteiger partial charge on any atom is -0.376 e. The van der Waals surface area contributed by atoms with Crippen molar-refractivity contribution in [1.29, 1.82) is 0 Å². The molecule has 0 saturated carbocycles. The molecule has 0 fully saturated rings. The molecule has 0 aromatic rings. The van der Waals surface area contributed by atoms with Gasteiger partial charge in [-0.2, -0.15) is 0 Å². The highest BCUT2D eigenvalue weighted by Crippen LogP contribution is 2.11. The van der Waals surface area contributed by atoms with Gasteiger partial charge in [-0.25, -0.2) is 8.78 Å². The zero-order chi connectivity index (χ0) is 11.0. The summed E-state index contributed by atoms with van der Waals surface area (Å²) in [6, 6.07) is 0. The van der Waals surface area contributed by atoms with Gasteiger partial charge in [-0.05, 0) is 20.9 Å². The first-order chi connectivity index (χ1) is 6.48. The fraction of sp³-hybridized carbons (Fsp3) is 1.00. The average Bonchev–Trinajstić information content (AvgIpc) is 2.02. The van der Waals surface area contributed by atoms with Gasteiger partial charge in [-0.3, -0.25) is 0 Å². The Labute approximate surface area is 83.8 Å². The molecule has 0 aliphatic heterocycles. The maximum atomic E-state index is 12.8. The largest absolute Gasteiger partial charge is 0.376 e. The van der Waals surface area contributed by atoms with Crippen LogP contribution in [0.3, 0.4) is 0 Å². The Balaban J connectivity index is 3.34. The van der Waals surface area contributed by atoms with Crippen molar-refractivity contribution in [1.82, 2.24) is 5.32 Å². The Bertz CT molecular complexity index is 143. The van der Waals surface area contributed by atoms with Crippen LogP contribution >= 0.6 is 0 Å². The van der Waals surface area contributed by atoms with E-state index in [1.165, 1.54) is 7.05 Å². The summed E-state index contributed by atoms with van der Waals surface area (Å²) in [7, 11) is 1.48. The summed E-state index contributed by atoms with van der Waals surface area (Å²) >= 11 is 0. The Hall–Kier alpha value is -0.260. The van der Waals surface area contributed by atoms with Gasteiger partial charge in [0.1, 0.15) is 6.61 Å². The van der Waals surface area contributed by atoms with E-state index in [2.05, 4.69) is 5.32 Å². The molecular weight excluding hydrogens is 192 g/mol. The lowest BCUT2D eigenvalue weighted by molar-refractivity contribution is -0.0852. The number of halogens is 2. The van der Waals surface area contributed by atoms with Gasteiger partial charge in [-0.1, -0.05) is 0 Å². The molecule has 0 amide bonds. The number of nitrogens with one attached hydrogen (secondary N) is 1. The Morgan fingerprint density at radius 3 is 2.43 bits per heavy atom. The van der Waals surface area contributed by atoms with Crippen molar-refractivity contribution >= 4 is 0 Å². The van der Waals surface area contributed by atoms with Crippen LogP contribution in [0, 0.1) is 0 Å². The third kappa shape index (κ3) is 8.34. The summed E-state index contributed by atoms with van der Waals surface area (Å²) < 4.78 is 35.5. The molecule has 0 spiro atoms. The monoisotopic (exact) mass is 211 g/mol. The molecule has 0 aliphatic carbocycles. The fourth-order valence-electron chi connectivity index (χ4n) is 0.874. The van der Waals surface area contributed by atoms with Crippen LogP contribution in [-0.4, -0.2) is 45.4 Å². The number of rotatable bonds is 8. The summed E-state index contributed by atoms with van der Waals surface area (Å²) in [5.41, 5.74) is 0. The summed E-state index contributed by atoms with van der Waals surface area (Å²) in [6.07, 6.45) is 0.108. The van der Waals surface area contributed by atoms with Crippen LogP contribution in [0.25, 0.3) is 0 Å². The third-order valence-corrected chi connectivity index (χ3v) is 1.43. The Kier molecular flexibility index (Phi) is 6.96. The fourth-order valence-corrected chi connectivity index (χ4v) is 0.874. The quantitative estimate of drug-likeness (QED) is 0.613. The Morgan fingerprint density at radius 1 is 1.29 bits per heavy atom. The number of hydrogen-bond acceptors (Lipinski definition) is 3. The molecule has 0 bridgehead atoms. The van der Waals surface area contributed by atoms with E-state index in [1.807, 2.05) is 13.8 Å². The zero-order valence-corrected chi connectivity index (χ0v) is 8.98. The molecule has 0 unspecified atom stereocenters. The first-order valence-electron chi connectivity index (χ1n) is 4.70. The van der Waals surface area contributed by atoms with Gasteiger partial charge in [0, 0.05) is 0 Å². The molecule has 0 rings (SSSR count). The minimum absolute atomic E-state index is 0.108. The lowest BCUT2D eigenvalue weighted by Crippen LogP contribution is -2.35. The minimum atomic E-state index is -2.80. The second kappa shape index (κ2) is 7.09. The normalized spacial score (nSPS) is 12.4. The number of ether oxygens (including phenoxy) is 2. The summed E-state index contributed by atoms with van der Waals surface area (Å²) in [4.78, 5) is 0. The van der Waals surface area contributed by atoms with Crippen molar-refractivity contribution in [2.75, 3.05) is 33.4 Å². The van der Waals surface area contributed by atoms with Crippen LogP contribution in [-0.2, 0) is 9.47 Å². The van der Waals surface area contributed by atoms with Crippen molar-refractivity contribution in [2.45, 2.75) is 25.9 Å². The molecule has 0 aromatic carbocycles. The number of alkyl halides is 2. The highest BCUT2D eigenvalue weighted by molar-refractivity contribution is 4.66. The molecule has 86 valence electrons. The molecule has 1 N–H and O–H groups in total. The van der Waals surface area contributed by atoms with Gasteiger partial charge in [0.15, 0.2) is 0 Å². The van der Waals surface area contributed by atoms with Gasteiger partial charge in [0.2, 0.25) is 0 Å². The van der Waals surface area contributed by atoms with E-state index in [9.17, 15) is 8.78 Å². The van der Waals surface area contributed by atoms with Gasteiger partial charge >= 0.3 is 0 Å². The van der Waals surface area contributed by atoms with Crippen molar-refractivity contribution in [3.8, 4) is 0 Å². The first kappa shape index (κ1) is 13.7. The van der Waals surface area contributed by atoms with Gasteiger partial charge in [-0.15, -0.1) is 0 Å². The predicted octanol–water partition coefficient (Wildman–Crippen LogP) is 1.28. The molecule has 0 saturated heterocycles. The van der Waals surface area contributed by atoms with Crippen LogP contribution in [0.5, 0.6) is 0 Å². The zero-order valence-electron chi connectivity index (χ0n) is 8.98. The van der Waals surface area contributed by atoms with Crippen LogP contribution in [0.4, 0.5) is 8.78 Å². The lowest BCUT2D eigenvalue weighted by atomic mass is 10.3. The van der Waals surface area contributed by atoms with Crippen molar-refractivity contribution < 1.29 is 18.3 Å². The molecule has 0 atom stereocenters. The molecule has 0 aromatic heterocycles. The predicted molar refractivity (Wildman–Crippen MR) is 50.8 cm³/mol. The smallest absolute Gasteiger partial charge is 0.283 e. The van der Waals surface area contributed by atoms with Crippen LogP contribution < -0.4 is 5.32 Å². The topological polar surface area (TPSA) is 30.5 Å². The van der Waals surface area contributed by atoms with Gasteiger partial charge in [0.25, 0.3) is 5.92 Å². The molecule has 0 aliphatic rings. The second-order valence-corrected chi connectivity index (χ2v) is 3.36. The summed E-state index contributed by atoms with van der Waals surface area (Å²) in [5.74, 6) is -2.80. The SMILES string of the molecule is CNCC(F)(F)COCCOC(C)C. The lowest BCUT2D eigenvalue weighted by Gasteiger charge is -2.16. The molecular formula is C9H19F2NO2. The van der Waals surface area contributed by atoms with Crippen molar-refractivity contribution in [2.24, 2.45) is 0 Å². The molecule has 3 nitrogen and oxygen atoms in total. The maximum absolute atomic E-state index is 12.8. The van der Waals surface area contributed by atoms with Gasteiger partial charge in [0.05, 0.1) is 25.9 Å². The van der Waals surface area contributed by atoms with Crippen LogP contribution in [0.15, 0.2) is 0 Å². The van der Waals surface area contributed by atoms with E-state index < -0.39 is 12.5 Å². The number of hydrogen-bond donors (Lipinski definition) is 1. The average molecular weight is 211 g/mol. The molecule has 0 heterocycles. The van der Waals surface area contributed by atoms with E-state index in [1.54, 1.807) is 0 Å². The third-order valence-electron chi connectivity index (χ3n) is 1.43. The first-order valence-corrected chi connectivity index (χ1v) is 4.70. The molecule has 0 radical (unpaired) electrons. The van der Waals surface area contributed by atoms with Crippen LogP contribution in [0.2, 0.25) is 0 Å². The molecule has 14 heavy (non-hydrogen) atoms. The second-order valence-electron chi connectivity index (χ2n) is 3.36. The van der Waals surface area contributed by atoms with E-state index >= 15 is 0 Å². The Morgan fingerprint density at radius 2 is 1.93 bits per heavy atom. The molecule has 5 heteroatoms. The van der Waals surface area contributed by atoms with Gasteiger partial charge < -0.3 is 14.8 Å². The highest BCUT2D eigenvalue weighted by Gasteiger charge is 2.27. The van der Waals surface area contributed by atoms with Crippen molar-refractivity contribution in [3.05, 3.63) is 0 Å². The maximum Gasteiger partial charge on any atom is 0.283 e. The van der Waals surface area contributed by atoms with Crippen LogP contribution in [0.1, 0.15) is 13.8 Å². The standard InChI is InChI=1S/C9H19F2NO2/c1-8(2)14-5-4-13-7-9(10,11)6-12-3/h8,12H,4-7H2,1-3H3.